The molecule has 0 fully saturated rings. The van der Waals surface area contributed by atoms with E-state index in [0.717, 1.165) is 28.4 Å². The third-order valence-electron chi connectivity index (χ3n) is 4.47. The molecule has 0 unspecified atom stereocenters. The SMILES string of the molecule is Cc1nc(S/C(=C\c2cn(CC(=O)Nc3ccccc3)c3ccccc23)C(=O)O)n[nH]1. The van der Waals surface area contributed by atoms with E-state index < -0.39 is 5.97 Å². The maximum absolute atomic E-state index is 12.5. The Labute approximate surface area is 182 Å². The van der Waals surface area contributed by atoms with E-state index in [9.17, 15) is 14.7 Å². The molecule has 31 heavy (non-hydrogen) atoms. The number of carboxylic acid groups (broad SMARTS) is 1. The van der Waals surface area contributed by atoms with Gasteiger partial charge >= 0.3 is 5.97 Å². The zero-order valence-electron chi connectivity index (χ0n) is 16.6. The van der Waals surface area contributed by atoms with Gasteiger partial charge in [-0.3, -0.25) is 9.89 Å². The van der Waals surface area contributed by atoms with E-state index in [2.05, 4.69) is 20.5 Å². The van der Waals surface area contributed by atoms with E-state index in [1.54, 1.807) is 23.8 Å². The fraction of sp³-hybridized carbons (Fsp3) is 0.0909. The molecule has 2 aromatic heterocycles. The first kappa shape index (κ1) is 20.4. The van der Waals surface area contributed by atoms with Gasteiger partial charge in [0.25, 0.3) is 0 Å². The molecule has 0 atom stereocenters. The lowest BCUT2D eigenvalue weighted by atomic mass is 10.1. The van der Waals surface area contributed by atoms with Crippen molar-refractivity contribution in [2.75, 3.05) is 5.32 Å². The standard InChI is InChI=1S/C22H19N5O3S/c1-14-23-22(26-25-14)31-19(21(29)30)11-15-12-27(18-10-6-5-9-17(15)18)13-20(28)24-16-7-3-2-4-8-16/h2-12H,13H2,1H3,(H,24,28)(H,29,30)(H,23,25,26)/b19-11-. The van der Waals surface area contributed by atoms with Crippen LogP contribution in [0.3, 0.4) is 0 Å². The highest BCUT2D eigenvalue weighted by Crippen LogP contribution is 2.29. The number of carbonyl (C=O) groups excluding carboxylic acids is 1. The van der Waals surface area contributed by atoms with Crippen molar-refractivity contribution in [3.8, 4) is 0 Å². The summed E-state index contributed by atoms with van der Waals surface area (Å²) in [5, 5.41) is 20.4. The second kappa shape index (κ2) is 8.88. The lowest BCUT2D eigenvalue weighted by Gasteiger charge is -2.07. The number of H-pyrrole nitrogens is 1. The van der Waals surface area contributed by atoms with Gasteiger partial charge in [0.15, 0.2) is 0 Å². The van der Waals surface area contributed by atoms with E-state index in [4.69, 9.17) is 0 Å². The molecule has 0 spiro atoms. The Balaban J connectivity index is 1.64. The number of nitrogens with one attached hydrogen (secondary N) is 2. The van der Waals surface area contributed by atoms with Gasteiger partial charge < -0.3 is 15.0 Å². The van der Waals surface area contributed by atoms with E-state index in [1.807, 2.05) is 54.6 Å². The van der Waals surface area contributed by atoms with Crippen LogP contribution in [-0.2, 0) is 16.1 Å². The number of amides is 1. The monoisotopic (exact) mass is 433 g/mol. The Hall–Kier alpha value is -3.85. The highest BCUT2D eigenvalue weighted by molar-refractivity contribution is 8.04. The summed E-state index contributed by atoms with van der Waals surface area (Å²) in [4.78, 5) is 28.6. The molecule has 0 saturated heterocycles. The van der Waals surface area contributed by atoms with Crippen molar-refractivity contribution in [2.24, 2.45) is 0 Å². The normalized spacial score (nSPS) is 11.6. The van der Waals surface area contributed by atoms with Gasteiger partial charge in [0.05, 0.1) is 0 Å². The van der Waals surface area contributed by atoms with Crippen molar-refractivity contribution >= 4 is 46.3 Å². The Morgan fingerprint density at radius 3 is 2.61 bits per heavy atom. The second-order valence-corrected chi connectivity index (χ2v) is 7.77. The molecule has 2 heterocycles. The average Bonchev–Trinajstić information content (AvgIpc) is 3.32. The van der Waals surface area contributed by atoms with Gasteiger partial charge in [-0.1, -0.05) is 36.4 Å². The van der Waals surface area contributed by atoms with Crippen LogP contribution < -0.4 is 5.32 Å². The number of aromatic amines is 1. The van der Waals surface area contributed by atoms with E-state index in [1.165, 1.54) is 0 Å². The minimum Gasteiger partial charge on any atom is -0.477 e. The number of hydrogen-bond donors (Lipinski definition) is 3. The number of nitrogens with zero attached hydrogens (tertiary/aromatic N) is 3. The summed E-state index contributed by atoms with van der Waals surface area (Å²) >= 11 is 0.966. The van der Waals surface area contributed by atoms with Crippen LogP contribution in [0.5, 0.6) is 0 Å². The molecule has 4 aromatic rings. The molecule has 0 aliphatic carbocycles. The summed E-state index contributed by atoms with van der Waals surface area (Å²) < 4.78 is 1.81. The number of carbonyl (C=O) groups is 2. The Morgan fingerprint density at radius 2 is 1.90 bits per heavy atom. The van der Waals surface area contributed by atoms with Gasteiger partial charge in [-0.25, -0.2) is 9.78 Å². The quantitative estimate of drug-likeness (QED) is 0.301. The van der Waals surface area contributed by atoms with Crippen LogP contribution in [0, 0.1) is 6.92 Å². The van der Waals surface area contributed by atoms with Crippen molar-refractivity contribution in [2.45, 2.75) is 18.6 Å². The van der Waals surface area contributed by atoms with Crippen LogP contribution in [0.1, 0.15) is 11.4 Å². The van der Waals surface area contributed by atoms with Crippen LogP contribution in [0.2, 0.25) is 0 Å². The number of rotatable bonds is 7. The molecule has 4 rings (SSSR count). The molecule has 8 nitrogen and oxygen atoms in total. The highest BCUT2D eigenvalue weighted by atomic mass is 32.2. The lowest BCUT2D eigenvalue weighted by molar-refractivity contribution is -0.131. The van der Waals surface area contributed by atoms with Crippen molar-refractivity contribution in [3.63, 3.8) is 0 Å². The summed E-state index contributed by atoms with van der Waals surface area (Å²) in [7, 11) is 0. The summed E-state index contributed by atoms with van der Waals surface area (Å²) in [6, 6.07) is 16.8. The molecule has 3 N–H and O–H groups in total. The van der Waals surface area contributed by atoms with Crippen LogP contribution in [0.4, 0.5) is 5.69 Å². The second-order valence-electron chi connectivity index (χ2n) is 6.76. The predicted molar refractivity (Wildman–Crippen MR) is 120 cm³/mol. The summed E-state index contributed by atoms with van der Waals surface area (Å²) in [6.45, 7) is 1.84. The van der Waals surface area contributed by atoms with Crippen LogP contribution in [-0.4, -0.2) is 36.7 Å². The van der Waals surface area contributed by atoms with E-state index >= 15 is 0 Å². The number of anilines is 1. The zero-order valence-corrected chi connectivity index (χ0v) is 17.4. The number of thioether (sulfide) groups is 1. The van der Waals surface area contributed by atoms with Gasteiger partial charge in [-0.15, -0.1) is 5.10 Å². The third-order valence-corrected chi connectivity index (χ3v) is 5.34. The number of aromatic nitrogens is 4. The predicted octanol–water partition coefficient (Wildman–Crippen LogP) is 3.92. The lowest BCUT2D eigenvalue weighted by Crippen LogP contribution is -2.18. The summed E-state index contributed by atoms with van der Waals surface area (Å²) in [6.07, 6.45) is 3.36. The first-order valence-electron chi connectivity index (χ1n) is 9.44. The minimum atomic E-state index is -1.08. The minimum absolute atomic E-state index is 0.0793. The maximum atomic E-state index is 12.5. The third kappa shape index (κ3) is 4.84. The number of aliphatic carboxylic acids is 1. The van der Waals surface area contributed by atoms with Gasteiger partial charge in [-0.05, 0) is 43.0 Å². The smallest absolute Gasteiger partial charge is 0.342 e. The van der Waals surface area contributed by atoms with Crippen molar-refractivity contribution < 1.29 is 14.7 Å². The van der Waals surface area contributed by atoms with Crippen molar-refractivity contribution in [1.82, 2.24) is 19.7 Å². The number of carboxylic acids is 1. The van der Waals surface area contributed by atoms with Crippen LogP contribution in [0.15, 0.2) is 70.9 Å². The molecule has 0 aliphatic rings. The number of hydrogen-bond acceptors (Lipinski definition) is 5. The average molecular weight is 433 g/mol. The van der Waals surface area contributed by atoms with E-state index in [-0.39, 0.29) is 17.4 Å². The Kier molecular flexibility index (Phi) is 5.85. The van der Waals surface area contributed by atoms with Gasteiger partial charge in [0.2, 0.25) is 11.1 Å². The molecule has 2 aromatic carbocycles. The van der Waals surface area contributed by atoms with Crippen LogP contribution in [0.25, 0.3) is 17.0 Å². The number of aryl methyl sites for hydroxylation is 1. The first-order valence-corrected chi connectivity index (χ1v) is 10.3. The largest absolute Gasteiger partial charge is 0.477 e. The van der Waals surface area contributed by atoms with Crippen LogP contribution >= 0.6 is 11.8 Å². The van der Waals surface area contributed by atoms with E-state index in [0.29, 0.717) is 16.5 Å². The van der Waals surface area contributed by atoms with Gasteiger partial charge in [-0.2, -0.15) is 0 Å². The Morgan fingerprint density at radius 1 is 1.16 bits per heavy atom. The molecule has 0 bridgehead atoms. The molecular formula is C22H19N5O3S. The van der Waals surface area contributed by atoms with Crippen molar-refractivity contribution in [1.29, 1.82) is 0 Å². The maximum Gasteiger partial charge on any atom is 0.342 e. The first-order chi connectivity index (χ1) is 15.0. The number of para-hydroxylation sites is 2. The zero-order chi connectivity index (χ0) is 21.8. The summed E-state index contributed by atoms with van der Waals surface area (Å²) in [5.41, 5.74) is 2.25. The number of benzene rings is 2. The molecule has 0 aliphatic heterocycles. The van der Waals surface area contributed by atoms with Crippen molar-refractivity contribution in [3.05, 3.63) is 77.1 Å². The number of fused-ring (bicyclic) bond motifs is 1. The fourth-order valence-corrected chi connectivity index (χ4v) is 3.88. The fourth-order valence-electron chi connectivity index (χ4n) is 3.14. The summed E-state index contributed by atoms with van der Waals surface area (Å²) in [5.74, 6) is -0.647. The molecule has 156 valence electrons. The Bertz CT molecular complexity index is 1280. The molecule has 0 saturated carbocycles. The topological polar surface area (TPSA) is 113 Å². The van der Waals surface area contributed by atoms with Gasteiger partial charge in [0.1, 0.15) is 17.3 Å². The molecule has 9 heteroatoms. The highest BCUT2D eigenvalue weighted by Gasteiger charge is 2.16. The molecule has 0 radical (unpaired) electrons. The molecular weight excluding hydrogens is 414 g/mol. The van der Waals surface area contributed by atoms with Gasteiger partial charge in [0, 0.05) is 28.4 Å². The molecule has 1 amide bonds.